The molecule has 0 aromatic heterocycles. The predicted molar refractivity (Wildman–Crippen MR) is 73.3 cm³/mol. The molecule has 5 heteroatoms. The van der Waals surface area contributed by atoms with Crippen molar-refractivity contribution in [2.75, 3.05) is 0 Å². The summed E-state index contributed by atoms with van der Waals surface area (Å²) in [7, 11) is 0. The molecule has 0 fully saturated rings. The summed E-state index contributed by atoms with van der Waals surface area (Å²) >= 11 is 0. The van der Waals surface area contributed by atoms with Crippen LogP contribution < -0.4 is 4.74 Å². The zero-order chi connectivity index (χ0) is 14.5. The highest BCUT2D eigenvalue weighted by Crippen LogP contribution is 2.27. The third kappa shape index (κ3) is 2.75. The van der Waals surface area contributed by atoms with E-state index in [0.29, 0.717) is 16.9 Å². The van der Waals surface area contributed by atoms with E-state index in [0.717, 1.165) is 5.56 Å². The van der Waals surface area contributed by atoms with Crippen LogP contribution in [-0.4, -0.2) is 4.92 Å². The summed E-state index contributed by atoms with van der Waals surface area (Å²) in [6.45, 7) is 1.84. The first-order chi connectivity index (χ1) is 9.63. The van der Waals surface area contributed by atoms with Crippen LogP contribution in [0.15, 0.2) is 42.5 Å². The van der Waals surface area contributed by atoms with Gasteiger partial charge in [-0.25, -0.2) is 0 Å². The fourth-order valence-electron chi connectivity index (χ4n) is 1.87. The molecule has 5 nitrogen and oxygen atoms in total. The standard InChI is InChI=1S/C15H12N2O3/c1-11-14(17(18)19)7-4-8-15(11)20-10-13-6-3-2-5-12(13)9-16/h2-8H,10H2,1H3. The maximum absolute atomic E-state index is 10.9. The molecule has 2 aromatic rings. The predicted octanol–water partition coefficient (Wildman–Crippen LogP) is 3.35. The molecular weight excluding hydrogens is 256 g/mol. The highest BCUT2D eigenvalue weighted by molar-refractivity contribution is 5.48. The summed E-state index contributed by atoms with van der Waals surface area (Å²) < 4.78 is 5.60. The lowest BCUT2D eigenvalue weighted by Gasteiger charge is -2.10. The average molecular weight is 268 g/mol. The molecule has 0 radical (unpaired) electrons. The van der Waals surface area contributed by atoms with Gasteiger partial charge in [-0.05, 0) is 19.1 Å². The number of nitro benzene ring substituents is 1. The Kier molecular flexibility index (Phi) is 3.96. The van der Waals surface area contributed by atoms with E-state index in [4.69, 9.17) is 10.00 Å². The molecule has 0 aliphatic heterocycles. The molecule has 0 saturated carbocycles. The molecule has 0 N–H and O–H groups in total. The van der Waals surface area contributed by atoms with Gasteiger partial charge in [0.15, 0.2) is 0 Å². The second kappa shape index (κ2) is 5.85. The third-order valence-corrected chi connectivity index (χ3v) is 2.97. The van der Waals surface area contributed by atoms with E-state index in [1.807, 2.05) is 6.07 Å². The Morgan fingerprint density at radius 2 is 2.00 bits per heavy atom. The molecule has 0 aliphatic rings. The summed E-state index contributed by atoms with van der Waals surface area (Å²) in [5, 5.41) is 19.8. The van der Waals surface area contributed by atoms with Crippen molar-refractivity contribution in [1.29, 1.82) is 5.26 Å². The number of nitriles is 1. The van der Waals surface area contributed by atoms with Gasteiger partial charge in [-0.1, -0.05) is 24.3 Å². The van der Waals surface area contributed by atoms with Crippen LogP contribution in [0.25, 0.3) is 0 Å². The highest BCUT2D eigenvalue weighted by atomic mass is 16.6. The van der Waals surface area contributed by atoms with Crippen LogP contribution in [0.3, 0.4) is 0 Å². The second-order valence-corrected chi connectivity index (χ2v) is 4.22. The molecule has 0 heterocycles. The lowest BCUT2D eigenvalue weighted by molar-refractivity contribution is -0.385. The van der Waals surface area contributed by atoms with Crippen molar-refractivity contribution in [2.24, 2.45) is 0 Å². The SMILES string of the molecule is Cc1c(OCc2ccccc2C#N)cccc1[N+](=O)[O-]. The quantitative estimate of drug-likeness (QED) is 0.629. The summed E-state index contributed by atoms with van der Waals surface area (Å²) in [6.07, 6.45) is 0. The van der Waals surface area contributed by atoms with Crippen molar-refractivity contribution in [3.63, 3.8) is 0 Å². The van der Waals surface area contributed by atoms with Crippen molar-refractivity contribution in [3.05, 3.63) is 69.3 Å². The Labute approximate surface area is 116 Å². The fourth-order valence-corrected chi connectivity index (χ4v) is 1.87. The van der Waals surface area contributed by atoms with E-state index >= 15 is 0 Å². The minimum absolute atomic E-state index is 0.0241. The van der Waals surface area contributed by atoms with Crippen LogP contribution in [0.2, 0.25) is 0 Å². The van der Waals surface area contributed by atoms with Gasteiger partial charge in [0.2, 0.25) is 0 Å². The number of ether oxygens (including phenoxy) is 1. The Morgan fingerprint density at radius 1 is 1.25 bits per heavy atom. The molecule has 0 spiro atoms. The molecule has 2 aromatic carbocycles. The largest absolute Gasteiger partial charge is 0.488 e. The van der Waals surface area contributed by atoms with Gasteiger partial charge in [-0.3, -0.25) is 10.1 Å². The summed E-state index contributed by atoms with van der Waals surface area (Å²) in [5.74, 6) is 0.451. The normalized spacial score (nSPS) is 9.80. The lowest BCUT2D eigenvalue weighted by Crippen LogP contribution is -2.01. The monoisotopic (exact) mass is 268 g/mol. The Balaban J connectivity index is 2.22. The zero-order valence-electron chi connectivity index (χ0n) is 10.9. The number of benzene rings is 2. The number of hydrogen-bond acceptors (Lipinski definition) is 4. The van der Waals surface area contributed by atoms with E-state index in [2.05, 4.69) is 6.07 Å². The summed E-state index contributed by atoms with van der Waals surface area (Å²) in [4.78, 5) is 10.4. The van der Waals surface area contributed by atoms with Crippen LogP contribution in [0, 0.1) is 28.4 Å². The minimum atomic E-state index is -0.439. The molecule has 0 unspecified atom stereocenters. The Bertz CT molecular complexity index is 690. The lowest BCUT2D eigenvalue weighted by atomic mass is 10.1. The van der Waals surface area contributed by atoms with Gasteiger partial charge in [-0.15, -0.1) is 0 Å². The first-order valence-corrected chi connectivity index (χ1v) is 5.98. The van der Waals surface area contributed by atoms with Crippen LogP contribution in [0.4, 0.5) is 5.69 Å². The van der Waals surface area contributed by atoms with Crippen molar-refractivity contribution in [2.45, 2.75) is 13.5 Å². The molecule has 2 rings (SSSR count). The number of rotatable bonds is 4. The Hall–Kier alpha value is -2.87. The maximum Gasteiger partial charge on any atom is 0.276 e. The minimum Gasteiger partial charge on any atom is -0.488 e. The van der Waals surface area contributed by atoms with Crippen LogP contribution >= 0.6 is 0 Å². The third-order valence-electron chi connectivity index (χ3n) is 2.97. The van der Waals surface area contributed by atoms with Crippen LogP contribution in [0.5, 0.6) is 5.75 Å². The molecule has 0 aliphatic carbocycles. The van der Waals surface area contributed by atoms with E-state index in [-0.39, 0.29) is 12.3 Å². The van der Waals surface area contributed by atoms with Gasteiger partial charge in [0.05, 0.1) is 22.1 Å². The van der Waals surface area contributed by atoms with Crippen LogP contribution in [0.1, 0.15) is 16.7 Å². The topological polar surface area (TPSA) is 76.2 Å². The molecular formula is C15H12N2O3. The molecule has 0 amide bonds. The van der Waals surface area contributed by atoms with Gasteiger partial charge in [0.25, 0.3) is 5.69 Å². The summed E-state index contributed by atoms with van der Waals surface area (Å²) in [6, 6.07) is 13.9. The molecule has 0 atom stereocenters. The van der Waals surface area contributed by atoms with Crippen molar-refractivity contribution < 1.29 is 9.66 Å². The molecule has 20 heavy (non-hydrogen) atoms. The molecule has 0 saturated heterocycles. The van der Waals surface area contributed by atoms with Crippen LogP contribution in [-0.2, 0) is 6.61 Å². The van der Waals surface area contributed by atoms with Crippen molar-refractivity contribution >= 4 is 5.69 Å². The van der Waals surface area contributed by atoms with Gasteiger partial charge in [-0.2, -0.15) is 5.26 Å². The molecule has 100 valence electrons. The Morgan fingerprint density at radius 3 is 2.70 bits per heavy atom. The maximum atomic E-state index is 10.9. The fraction of sp³-hybridized carbons (Fsp3) is 0.133. The summed E-state index contributed by atoms with van der Waals surface area (Å²) in [5.41, 5.74) is 1.79. The van der Waals surface area contributed by atoms with E-state index in [1.165, 1.54) is 6.07 Å². The number of nitrogens with zero attached hydrogens (tertiary/aromatic N) is 2. The number of nitro groups is 1. The van der Waals surface area contributed by atoms with Gasteiger partial charge in [0.1, 0.15) is 12.4 Å². The first kappa shape index (κ1) is 13.6. The first-order valence-electron chi connectivity index (χ1n) is 5.98. The van der Waals surface area contributed by atoms with Gasteiger partial charge in [0, 0.05) is 11.6 Å². The average Bonchev–Trinajstić information content (AvgIpc) is 2.46. The highest BCUT2D eigenvalue weighted by Gasteiger charge is 2.14. The van der Waals surface area contributed by atoms with E-state index in [9.17, 15) is 10.1 Å². The number of hydrogen-bond donors (Lipinski definition) is 0. The van der Waals surface area contributed by atoms with E-state index in [1.54, 1.807) is 37.3 Å². The van der Waals surface area contributed by atoms with Crippen molar-refractivity contribution in [1.82, 2.24) is 0 Å². The van der Waals surface area contributed by atoms with E-state index < -0.39 is 4.92 Å². The van der Waals surface area contributed by atoms with Gasteiger partial charge >= 0.3 is 0 Å². The van der Waals surface area contributed by atoms with Gasteiger partial charge < -0.3 is 4.74 Å². The smallest absolute Gasteiger partial charge is 0.276 e. The zero-order valence-corrected chi connectivity index (χ0v) is 10.9. The molecule has 0 bridgehead atoms. The van der Waals surface area contributed by atoms with Crippen molar-refractivity contribution in [3.8, 4) is 11.8 Å². The second-order valence-electron chi connectivity index (χ2n) is 4.22.